The van der Waals surface area contributed by atoms with Crippen LogP contribution in [0.1, 0.15) is 63.8 Å². The highest BCUT2D eigenvalue weighted by molar-refractivity contribution is 5.23. The van der Waals surface area contributed by atoms with Gasteiger partial charge in [-0.1, -0.05) is 90.1 Å². The highest BCUT2D eigenvalue weighted by atomic mass is 15.4. The Labute approximate surface area is 199 Å². The lowest BCUT2D eigenvalue weighted by Gasteiger charge is -2.36. The predicted molar refractivity (Wildman–Crippen MR) is 141 cm³/mol. The average Bonchev–Trinajstić information content (AvgIpc) is 2.61. The Morgan fingerprint density at radius 1 is 0.469 bits per heavy atom. The van der Waals surface area contributed by atoms with Crippen molar-refractivity contribution < 1.29 is 8.97 Å². The summed E-state index contributed by atoms with van der Waals surface area (Å²) in [5.74, 6) is 0. The molecule has 0 radical (unpaired) electrons. The van der Waals surface area contributed by atoms with Gasteiger partial charge in [-0.15, -0.1) is 0 Å². The van der Waals surface area contributed by atoms with Crippen molar-refractivity contribution in [2.75, 3.05) is 41.3 Å². The first-order valence-electron chi connectivity index (χ1n) is 12.3. The van der Waals surface area contributed by atoms with Crippen molar-refractivity contribution in [3.63, 3.8) is 0 Å². The maximum atomic E-state index is 2.37. The molecule has 2 nitrogen and oxygen atoms in total. The predicted octanol–water partition coefficient (Wildman–Crippen LogP) is 6.72. The summed E-state index contributed by atoms with van der Waals surface area (Å²) < 4.78 is 2.04. The quantitative estimate of drug-likeness (QED) is 0.381. The Morgan fingerprint density at radius 2 is 0.719 bits per heavy atom. The summed E-state index contributed by atoms with van der Waals surface area (Å²) in [7, 11) is 9.46. The van der Waals surface area contributed by atoms with E-state index in [0.717, 1.165) is 34.9 Å². The van der Waals surface area contributed by atoms with Crippen LogP contribution in [0.25, 0.3) is 0 Å². The first-order chi connectivity index (χ1) is 14.5. The molecule has 0 amide bonds. The fourth-order valence-corrected chi connectivity index (χ4v) is 4.44. The summed E-state index contributed by atoms with van der Waals surface area (Å²) in [5, 5.41) is 0. The molecule has 0 saturated carbocycles. The molecule has 0 unspecified atom stereocenters. The minimum atomic E-state index is 0.341. The van der Waals surface area contributed by atoms with Crippen LogP contribution in [-0.4, -0.2) is 50.2 Å². The van der Waals surface area contributed by atoms with Crippen molar-refractivity contribution in [3.8, 4) is 0 Å². The summed E-state index contributed by atoms with van der Waals surface area (Å²) in [6.45, 7) is 18.3. The SMILES string of the molecule is CC(C)(C)Cc1ccc(C[N+](C)(C)CC[N+](C)(C)Cc2ccc(CC(C)(C)C)cc2)cc1. The molecule has 2 aromatic rings. The summed E-state index contributed by atoms with van der Waals surface area (Å²) in [4.78, 5) is 0. The second-order valence-corrected chi connectivity index (χ2v) is 13.7. The van der Waals surface area contributed by atoms with Gasteiger partial charge in [0.15, 0.2) is 0 Å². The molecule has 0 aliphatic carbocycles. The first kappa shape index (κ1) is 26.6. The van der Waals surface area contributed by atoms with Crippen LogP contribution in [0, 0.1) is 10.8 Å². The summed E-state index contributed by atoms with van der Waals surface area (Å²) in [5.41, 5.74) is 6.44. The number of likely N-dealkylation sites (N-methyl/N-ethyl adjacent to an activating group) is 2. The third-order valence-corrected chi connectivity index (χ3v) is 6.05. The van der Waals surface area contributed by atoms with E-state index in [-0.39, 0.29) is 0 Å². The first-order valence-corrected chi connectivity index (χ1v) is 12.3. The Morgan fingerprint density at radius 3 is 0.969 bits per heavy atom. The van der Waals surface area contributed by atoms with Gasteiger partial charge in [0.2, 0.25) is 0 Å². The Balaban J connectivity index is 1.90. The van der Waals surface area contributed by atoms with Crippen LogP contribution in [-0.2, 0) is 25.9 Å². The molecular weight excluding hydrogens is 388 g/mol. The number of nitrogens with zero attached hydrogens (tertiary/aromatic N) is 2. The number of quaternary nitrogens is 2. The van der Waals surface area contributed by atoms with Crippen LogP contribution in [0.4, 0.5) is 0 Å². The third kappa shape index (κ3) is 10.3. The van der Waals surface area contributed by atoms with Gasteiger partial charge >= 0.3 is 0 Å². The number of rotatable bonds is 9. The lowest BCUT2D eigenvalue weighted by molar-refractivity contribution is -0.958. The molecule has 0 aliphatic heterocycles. The van der Waals surface area contributed by atoms with Crippen molar-refractivity contribution in [2.45, 2.75) is 67.5 Å². The van der Waals surface area contributed by atoms with Crippen molar-refractivity contribution in [3.05, 3.63) is 70.8 Å². The van der Waals surface area contributed by atoms with Gasteiger partial charge in [0, 0.05) is 11.1 Å². The van der Waals surface area contributed by atoms with E-state index in [2.05, 4.69) is 118 Å². The maximum absolute atomic E-state index is 2.37. The Hall–Kier alpha value is -1.64. The van der Waals surface area contributed by atoms with E-state index in [4.69, 9.17) is 0 Å². The van der Waals surface area contributed by atoms with Gasteiger partial charge in [0.25, 0.3) is 0 Å². The van der Waals surface area contributed by atoms with Crippen LogP contribution >= 0.6 is 0 Å². The van der Waals surface area contributed by atoms with E-state index >= 15 is 0 Å². The highest BCUT2D eigenvalue weighted by Crippen LogP contribution is 2.23. The molecule has 2 rings (SSSR count). The number of hydrogen-bond donors (Lipinski definition) is 0. The van der Waals surface area contributed by atoms with Crippen LogP contribution in [0.5, 0.6) is 0 Å². The maximum Gasteiger partial charge on any atom is 0.128 e. The molecule has 0 fully saturated rings. The highest BCUT2D eigenvalue weighted by Gasteiger charge is 2.24. The molecule has 0 aliphatic rings. The van der Waals surface area contributed by atoms with Gasteiger partial charge in [-0.25, -0.2) is 0 Å². The van der Waals surface area contributed by atoms with Crippen molar-refractivity contribution in [2.24, 2.45) is 10.8 Å². The zero-order chi connectivity index (χ0) is 24.2. The Kier molecular flexibility index (Phi) is 8.40. The summed E-state index contributed by atoms with van der Waals surface area (Å²) in [6, 6.07) is 18.6. The monoisotopic (exact) mass is 438 g/mol. The molecular formula is C30H50N2+2. The van der Waals surface area contributed by atoms with Crippen LogP contribution in [0.2, 0.25) is 0 Å². The lowest BCUT2D eigenvalue weighted by Crippen LogP contribution is -2.49. The average molecular weight is 439 g/mol. The fraction of sp³-hybridized carbons (Fsp3) is 0.600. The molecule has 0 bridgehead atoms. The van der Waals surface area contributed by atoms with Crippen LogP contribution in [0.15, 0.2) is 48.5 Å². The van der Waals surface area contributed by atoms with E-state index in [9.17, 15) is 0 Å². The molecule has 0 atom stereocenters. The molecule has 0 saturated heterocycles. The van der Waals surface area contributed by atoms with Gasteiger partial charge in [-0.05, 0) is 34.8 Å². The van der Waals surface area contributed by atoms with E-state index in [1.54, 1.807) is 0 Å². The van der Waals surface area contributed by atoms with Gasteiger partial charge in [0.1, 0.15) is 26.2 Å². The smallest absolute Gasteiger partial charge is 0.128 e. The minimum absolute atomic E-state index is 0.341. The fourth-order valence-electron chi connectivity index (χ4n) is 4.44. The molecule has 0 spiro atoms. The second kappa shape index (κ2) is 10.1. The van der Waals surface area contributed by atoms with Crippen molar-refractivity contribution >= 4 is 0 Å². The largest absolute Gasteiger partial charge is 0.320 e. The molecule has 0 heterocycles. The van der Waals surface area contributed by atoms with E-state index in [1.807, 2.05) is 0 Å². The van der Waals surface area contributed by atoms with Crippen molar-refractivity contribution in [1.82, 2.24) is 0 Å². The third-order valence-electron chi connectivity index (χ3n) is 6.05. The Bertz CT molecular complexity index is 755. The molecule has 178 valence electrons. The van der Waals surface area contributed by atoms with Gasteiger partial charge in [-0.2, -0.15) is 0 Å². The standard InChI is InChI=1S/C30H50N2/c1-29(2,3)21-25-11-15-27(16-12-25)23-31(7,8)19-20-32(9,10)24-28-17-13-26(14-18-28)22-30(4,5)6/h11-18H,19-24H2,1-10H3/q+2. The molecule has 2 aromatic carbocycles. The van der Waals surface area contributed by atoms with Crippen molar-refractivity contribution in [1.29, 1.82) is 0 Å². The molecule has 0 aromatic heterocycles. The minimum Gasteiger partial charge on any atom is -0.320 e. The van der Waals surface area contributed by atoms with Gasteiger partial charge < -0.3 is 8.97 Å². The summed E-state index contributed by atoms with van der Waals surface area (Å²) >= 11 is 0. The van der Waals surface area contributed by atoms with Crippen LogP contribution in [0.3, 0.4) is 0 Å². The van der Waals surface area contributed by atoms with Crippen LogP contribution < -0.4 is 0 Å². The topological polar surface area (TPSA) is 0 Å². The van der Waals surface area contributed by atoms with Gasteiger partial charge in [0.05, 0.1) is 28.2 Å². The number of benzene rings is 2. The van der Waals surface area contributed by atoms with E-state index < -0.39 is 0 Å². The van der Waals surface area contributed by atoms with Gasteiger partial charge in [-0.3, -0.25) is 0 Å². The van der Waals surface area contributed by atoms with E-state index in [0.29, 0.717) is 10.8 Å². The lowest BCUT2D eigenvalue weighted by atomic mass is 9.88. The zero-order valence-electron chi connectivity index (χ0n) is 22.8. The van der Waals surface area contributed by atoms with E-state index in [1.165, 1.54) is 35.3 Å². The summed E-state index contributed by atoms with van der Waals surface area (Å²) in [6.07, 6.45) is 2.27. The molecule has 0 N–H and O–H groups in total. The zero-order valence-corrected chi connectivity index (χ0v) is 22.8. The molecule has 2 heteroatoms. The second-order valence-electron chi connectivity index (χ2n) is 13.7. The number of hydrogen-bond acceptors (Lipinski definition) is 0. The normalized spacial score (nSPS) is 13.4. The molecule has 32 heavy (non-hydrogen) atoms.